The molecule has 1 N–H and O–H groups in total. The van der Waals surface area contributed by atoms with Crippen molar-refractivity contribution in [3.8, 4) is 5.75 Å². The molecular weight excluding hydrogens is 339 g/mol. The second kappa shape index (κ2) is 6.58. The highest BCUT2D eigenvalue weighted by molar-refractivity contribution is 14.1. The highest BCUT2D eigenvalue weighted by Crippen LogP contribution is 2.20. The van der Waals surface area contributed by atoms with Crippen LogP contribution in [-0.4, -0.2) is 11.5 Å². The minimum Gasteiger partial charge on any atom is -0.488 e. The number of hydrogen-bond acceptors (Lipinski definition) is 3. The number of aromatic nitrogens is 1. The molecule has 0 fully saturated rings. The Balaban J connectivity index is 1.96. The van der Waals surface area contributed by atoms with Gasteiger partial charge in [-0.15, -0.1) is 0 Å². The van der Waals surface area contributed by atoms with E-state index in [1.165, 1.54) is 0 Å². The van der Waals surface area contributed by atoms with Gasteiger partial charge in [0.25, 0.3) is 0 Å². The van der Waals surface area contributed by atoms with Gasteiger partial charge in [0.2, 0.25) is 0 Å². The van der Waals surface area contributed by atoms with Gasteiger partial charge in [-0.3, -0.25) is 0 Å². The van der Waals surface area contributed by atoms with Crippen molar-refractivity contribution in [3.05, 3.63) is 51.7 Å². The van der Waals surface area contributed by atoms with E-state index in [0.717, 1.165) is 27.2 Å². The Labute approximate surface area is 121 Å². The maximum absolute atomic E-state index is 5.75. The van der Waals surface area contributed by atoms with Gasteiger partial charge in [-0.25, -0.2) is 4.98 Å². The first-order valence-corrected chi connectivity index (χ1v) is 6.93. The van der Waals surface area contributed by atoms with Crippen molar-refractivity contribution in [1.82, 2.24) is 4.98 Å². The highest BCUT2D eigenvalue weighted by atomic mass is 127. The van der Waals surface area contributed by atoms with Gasteiger partial charge in [0.1, 0.15) is 18.2 Å². The first-order chi connectivity index (χ1) is 8.79. The topological polar surface area (TPSA) is 34.1 Å². The Bertz CT molecular complexity index is 499. The number of halogens is 1. The molecule has 94 valence electrons. The molecule has 0 aliphatic carbocycles. The summed E-state index contributed by atoms with van der Waals surface area (Å²) in [5.41, 5.74) is 1.07. The summed E-state index contributed by atoms with van der Waals surface area (Å²) in [5, 5.41) is 3.16. The van der Waals surface area contributed by atoms with Crippen LogP contribution in [0.4, 0.5) is 5.82 Å². The average Bonchev–Trinajstić information content (AvgIpc) is 2.40. The number of nitrogens with one attached hydrogen (secondary N) is 1. The summed E-state index contributed by atoms with van der Waals surface area (Å²) in [4.78, 5) is 4.31. The van der Waals surface area contributed by atoms with Crippen molar-refractivity contribution < 1.29 is 4.74 Å². The van der Waals surface area contributed by atoms with Gasteiger partial charge in [0.05, 0.1) is 3.57 Å². The molecule has 0 saturated heterocycles. The first-order valence-electron chi connectivity index (χ1n) is 5.85. The molecule has 3 nitrogen and oxygen atoms in total. The van der Waals surface area contributed by atoms with Crippen molar-refractivity contribution in [2.75, 3.05) is 11.9 Å². The fraction of sp³-hybridized carbons (Fsp3) is 0.214. The minimum absolute atomic E-state index is 0.541. The van der Waals surface area contributed by atoms with Crippen LogP contribution < -0.4 is 10.1 Å². The lowest BCUT2D eigenvalue weighted by atomic mass is 10.3. The zero-order chi connectivity index (χ0) is 12.8. The summed E-state index contributed by atoms with van der Waals surface area (Å²) in [7, 11) is 0. The van der Waals surface area contributed by atoms with Gasteiger partial charge < -0.3 is 10.1 Å². The number of hydrogen-bond donors (Lipinski definition) is 1. The Morgan fingerprint density at radius 1 is 1.22 bits per heavy atom. The maximum Gasteiger partial charge on any atom is 0.133 e. The molecule has 0 spiro atoms. The molecule has 0 unspecified atom stereocenters. The summed E-state index contributed by atoms with van der Waals surface area (Å²) in [5.74, 6) is 1.81. The first kappa shape index (κ1) is 13.1. The van der Waals surface area contributed by atoms with Crippen LogP contribution in [-0.2, 0) is 6.61 Å². The van der Waals surface area contributed by atoms with Crippen LogP contribution in [0.1, 0.15) is 12.5 Å². The van der Waals surface area contributed by atoms with Gasteiger partial charge in [0, 0.05) is 18.3 Å². The average molecular weight is 354 g/mol. The van der Waals surface area contributed by atoms with Crippen molar-refractivity contribution in [3.63, 3.8) is 0 Å². The van der Waals surface area contributed by atoms with Crippen LogP contribution in [0, 0.1) is 3.57 Å². The SMILES string of the molecule is CCNc1ccc(COc2ccccc2I)cn1. The molecule has 1 aromatic heterocycles. The molecule has 4 heteroatoms. The number of para-hydroxylation sites is 1. The number of nitrogens with zero attached hydrogens (tertiary/aromatic N) is 1. The number of ether oxygens (including phenoxy) is 1. The molecule has 0 saturated carbocycles. The standard InChI is InChI=1S/C14H15IN2O/c1-2-16-14-8-7-11(9-17-14)10-18-13-6-4-3-5-12(13)15/h3-9H,2,10H2,1H3,(H,16,17). The van der Waals surface area contributed by atoms with Crippen molar-refractivity contribution in [1.29, 1.82) is 0 Å². The van der Waals surface area contributed by atoms with E-state index in [0.29, 0.717) is 6.61 Å². The zero-order valence-corrected chi connectivity index (χ0v) is 12.3. The molecule has 1 aromatic carbocycles. The van der Waals surface area contributed by atoms with Crippen LogP contribution >= 0.6 is 22.6 Å². The Morgan fingerprint density at radius 3 is 2.72 bits per heavy atom. The van der Waals surface area contributed by atoms with E-state index in [-0.39, 0.29) is 0 Å². The van der Waals surface area contributed by atoms with Crippen LogP contribution in [0.15, 0.2) is 42.6 Å². The summed E-state index contributed by atoms with van der Waals surface area (Å²) < 4.78 is 6.87. The lowest BCUT2D eigenvalue weighted by molar-refractivity contribution is 0.303. The summed E-state index contributed by atoms with van der Waals surface area (Å²) in [6.07, 6.45) is 1.84. The smallest absolute Gasteiger partial charge is 0.133 e. The predicted octanol–water partition coefficient (Wildman–Crippen LogP) is 3.70. The largest absolute Gasteiger partial charge is 0.488 e. The monoisotopic (exact) mass is 354 g/mol. The summed E-state index contributed by atoms with van der Waals surface area (Å²) in [6, 6.07) is 12.0. The number of pyridine rings is 1. The molecule has 0 amide bonds. The second-order valence-corrected chi connectivity index (χ2v) is 4.96. The van der Waals surface area contributed by atoms with E-state index >= 15 is 0 Å². The van der Waals surface area contributed by atoms with Gasteiger partial charge in [0.15, 0.2) is 0 Å². The maximum atomic E-state index is 5.75. The van der Waals surface area contributed by atoms with Crippen molar-refractivity contribution >= 4 is 28.4 Å². The van der Waals surface area contributed by atoms with Gasteiger partial charge in [-0.05, 0) is 47.7 Å². The number of benzene rings is 1. The third kappa shape index (κ3) is 3.60. The van der Waals surface area contributed by atoms with E-state index in [1.807, 2.05) is 42.6 Å². The van der Waals surface area contributed by atoms with E-state index in [1.54, 1.807) is 0 Å². The van der Waals surface area contributed by atoms with Crippen molar-refractivity contribution in [2.45, 2.75) is 13.5 Å². The molecule has 0 atom stereocenters. The highest BCUT2D eigenvalue weighted by Gasteiger charge is 2.00. The van der Waals surface area contributed by atoms with E-state index in [9.17, 15) is 0 Å². The number of anilines is 1. The molecule has 0 aliphatic heterocycles. The van der Waals surface area contributed by atoms with Crippen LogP contribution in [0.3, 0.4) is 0 Å². The van der Waals surface area contributed by atoms with Crippen LogP contribution in [0.2, 0.25) is 0 Å². The molecule has 0 bridgehead atoms. The predicted molar refractivity (Wildman–Crippen MR) is 81.9 cm³/mol. The fourth-order valence-electron chi connectivity index (χ4n) is 1.52. The molecular formula is C14H15IN2O. The molecule has 1 heterocycles. The zero-order valence-electron chi connectivity index (χ0n) is 10.2. The molecule has 0 radical (unpaired) electrons. The van der Waals surface area contributed by atoms with Gasteiger partial charge >= 0.3 is 0 Å². The van der Waals surface area contributed by atoms with E-state index in [4.69, 9.17) is 4.74 Å². The van der Waals surface area contributed by atoms with Gasteiger partial charge in [-0.2, -0.15) is 0 Å². The van der Waals surface area contributed by atoms with Gasteiger partial charge in [-0.1, -0.05) is 18.2 Å². The van der Waals surface area contributed by atoms with E-state index < -0.39 is 0 Å². The Kier molecular flexibility index (Phi) is 4.81. The summed E-state index contributed by atoms with van der Waals surface area (Å²) in [6.45, 7) is 3.47. The molecule has 2 rings (SSSR count). The Morgan fingerprint density at radius 2 is 2.06 bits per heavy atom. The lowest BCUT2D eigenvalue weighted by Crippen LogP contribution is -2.01. The molecule has 2 aromatic rings. The lowest BCUT2D eigenvalue weighted by Gasteiger charge is -2.08. The van der Waals surface area contributed by atoms with E-state index in [2.05, 4.69) is 39.8 Å². The molecule has 18 heavy (non-hydrogen) atoms. The Hall–Kier alpha value is -1.30. The second-order valence-electron chi connectivity index (χ2n) is 3.80. The quantitative estimate of drug-likeness (QED) is 0.832. The minimum atomic E-state index is 0.541. The fourth-order valence-corrected chi connectivity index (χ4v) is 2.06. The third-order valence-electron chi connectivity index (χ3n) is 2.41. The molecule has 0 aliphatic rings. The van der Waals surface area contributed by atoms with Crippen LogP contribution in [0.5, 0.6) is 5.75 Å². The summed E-state index contributed by atoms with van der Waals surface area (Å²) >= 11 is 2.27. The third-order valence-corrected chi connectivity index (χ3v) is 3.30. The van der Waals surface area contributed by atoms with Crippen molar-refractivity contribution in [2.24, 2.45) is 0 Å². The van der Waals surface area contributed by atoms with Crippen LogP contribution in [0.25, 0.3) is 0 Å². The number of rotatable bonds is 5. The normalized spacial score (nSPS) is 10.1.